The molecule has 1 fully saturated rings. The molecule has 0 aromatic heterocycles. The second kappa shape index (κ2) is 9.10. The number of para-hydroxylation sites is 1. The van der Waals surface area contributed by atoms with E-state index < -0.39 is 30.8 Å². The van der Waals surface area contributed by atoms with Crippen LogP contribution < -0.4 is 15.5 Å². The Bertz CT molecular complexity index is 921. The van der Waals surface area contributed by atoms with Crippen LogP contribution in [0, 0.1) is 0 Å². The van der Waals surface area contributed by atoms with Crippen molar-refractivity contribution >= 4 is 35.6 Å². The predicted octanol–water partition coefficient (Wildman–Crippen LogP) is 3.57. The number of hydrogen-bond acceptors (Lipinski definition) is 3. The summed E-state index contributed by atoms with van der Waals surface area (Å²) in [7, 11) is 0. The number of alkyl halides is 2. The Morgan fingerprint density at radius 3 is 2.57 bits per heavy atom. The van der Waals surface area contributed by atoms with Gasteiger partial charge in [0.2, 0.25) is 11.8 Å². The first-order chi connectivity index (χ1) is 13.9. The van der Waals surface area contributed by atoms with Crippen molar-refractivity contribution in [2.45, 2.75) is 37.6 Å². The molecular formula is C22H24ClF2N3O2. The van der Waals surface area contributed by atoms with Crippen molar-refractivity contribution in [2.24, 2.45) is 0 Å². The molecule has 0 spiro atoms. The molecule has 0 saturated carbocycles. The molecule has 4 rings (SSSR count). The molecule has 1 unspecified atom stereocenters. The van der Waals surface area contributed by atoms with Crippen molar-refractivity contribution in [3.63, 3.8) is 0 Å². The Hall–Kier alpha value is -2.51. The number of benzene rings is 2. The molecule has 1 saturated heterocycles. The first kappa shape index (κ1) is 22.2. The summed E-state index contributed by atoms with van der Waals surface area (Å²) in [4.78, 5) is 26.8. The lowest BCUT2D eigenvalue weighted by molar-refractivity contribution is -0.119. The molecule has 2 aliphatic heterocycles. The first-order valence-electron chi connectivity index (χ1n) is 9.81. The minimum Gasteiger partial charge on any atom is -0.325 e. The fraction of sp³-hybridized carbons (Fsp3) is 0.364. The number of amides is 2. The van der Waals surface area contributed by atoms with Gasteiger partial charge in [-0.15, -0.1) is 12.4 Å². The molecule has 1 atom stereocenters. The molecule has 0 bridgehead atoms. The Balaban J connectivity index is 0.00000256. The number of carbonyl (C=O) groups excluding carboxylic acids is 2. The monoisotopic (exact) mass is 435 g/mol. The van der Waals surface area contributed by atoms with Crippen LogP contribution in [0.4, 0.5) is 20.2 Å². The van der Waals surface area contributed by atoms with Crippen LogP contribution in [0.3, 0.4) is 0 Å². The summed E-state index contributed by atoms with van der Waals surface area (Å²) < 4.78 is 26.5. The third-order valence-electron chi connectivity index (χ3n) is 5.41. The van der Waals surface area contributed by atoms with E-state index in [-0.39, 0.29) is 24.7 Å². The van der Waals surface area contributed by atoms with E-state index in [1.165, 1.54) is 5.56 Å². The van der Waals surface area contributed by atoms with Gasteiger partial charge in [0.05, 0.1) is 19.0 Å². The number of aryl methyl sites for hydroxylation is 1. The molecule has 160 valence electrons. The van der Waals surface area contributed by atoms with Gasteiger partial charge >= 0.3 is 0 Å². The van der Waals surface area contributed by atoms with E-state index >= 15 is 0 Å². The maximum Gasteiger partial charge on any atom is 0.262 e. The highest BCUT2D eigenvalue weighted by Crippen LogP contribution is 2.28. The Labute approximate surface area is 180 Å². The molecule has 2 amide bonds. The van der Waals surface area contributed by atoms with E-state index in [1.54, 1.807) is 24.3 Å². The number of carbonyl (C=O) groups is 2. The van der Waals surface area contributed by atoms with Crippen LogP contribution in [0.15, 0.2) is 48.5 Å². The van der Waals surface area contributed by atoms with Gasteiger partial charge in [-0.3, -0.25) is 14.9 Å². The molecule has 2 heterocycles. The van der Waals surface area contributed by atoms with Crippen molar-refractivity contribution in [3.8, 4) is 0 Å². The third kappa shape index (κ3) is 4.96. The SMILES string of the molecule is Cl.O=C(Nc1ccc(CC(=O)N2CCCc3ccccc32)cc1)C1CC(F)(F)CN1. The molecule has 2 aliphatic rings. The van der Waals surface area contributed by atoms with Crippen LogP contribution in [0.1, 0.15) is 24.0 Å². The van der Waals surface area contributed by atoms with Crippen molar-refractivity contribution in [3.05, 3.63) is 59.7 Å². The van der Waals surface area contributed by atoms with Crippen LogP contribution in [0.2, 0.25) is 0 Å². The number of halogens is 3. The number of nitrogens with one attached hydrogen (secondary N) is 2. The maximum atomic E-state index is 13.2. The Kier molecular flexibility index (Phi) is 6.73. The topological polar surface area (TPSA) is 61.4 Å². The molecule has 0 radical (unpaired) electrons. The van der Waals surface area contributed by atoms with Gasteiger partial charge in [-0.25, -0.2) is 8.78 Å². The number of anilines is 2. The first-order valence-corrected chi connectivity index (χ1v) is 9.81. The lowest BCUT2D eigenvalue weighted by Gasteiger charge is -2.29. The van der Waals surface area contributed by atoms with E-state index in [0.717, 1.165) is 24.1 Å². The van der Waals surface area contributed by atoms with Crippen LogP contribution in [-0.2, 0) is 22.4 Å². The molecule has 2 N–H and O–H groups in total. The zero-order chi connectivity index (χ0) is 20.4. The Morgan fingerprint density at radius 2 is 1.87 bits per heavy atom. The van der Waals surface area contributed by atoms with Gasteiger partial charge < -0.3 is 10.2 Å². The van der Waals surface area contributed by atoms with Gasteiger partial charge in [-0.2, -0.15) is 0 Å². The van der Waals surface area contributed by atoms with E-state index in [2.05, 4.69) is 16.7 Å². The fourth-order valence-corrected chi connectivity index (χ4v) is 3.90. The quantitative estimate of drug-likeness (QED) is 0.771. The highest BCUT2D eigenvalue weighted by atomic mass is 35.5. The lowest BCUT2D eigenvalue weighted by atomic mass is 10.0. The minimum atomic E-state index is -2.85. The third-order valence-corrected chi connectivity index (χ3v) is 5.41. The second-order valence-electron chi connectivity index (χ2n) is 7.63. The average molecular weight is 436 g/mol. The van der Waals surface area contributed by atoms with E-state index in [9.17, 15) is 18.4 Å². The predicted molar refractivity (Wildman–Crippen MR) is 114 cm³/mol. The summed E-state index contributed by atoms with van der Waals surface area (Å²) in [5.74, 6) is -3.29. The minimum absolute atomic E-state index is 0. The summed E-state index contributed by atoms with van der Waals surface area (Å²) in [5, 5.41) is 5.19. The molecule has 0 aliphatic carbocycles. The van der Waals surface area contributed by atoms with Gasteiger partial charge in [0.25, 0.3) is 5.92 Å². The highest BCUT2D eigenvalue weighted by Gasteiger charge is 2.42. The normalized spacial score (nSPS) is 19.5. The van der Waals surface area contributed by atoms with Crippen LogP contribution in [-0.4, -0.2) is 36.9 Å². The number of fused-ring (bicyclic) bond motifs is 1. The summed E-state index contributed by atoms with van der Waals surface area (Å²) in [6.07, 6.45) is 1.69. The standard InChI is InChI=1S/C22H23F2N3O2.ClH/c23-22(24)13-18(25-14-22)21(29)26-17-9-7-15(8-10-17)12-20(28)27-11-3-5-16-4-1-2-6-19(16)27;/h1-2,4,6-10,18,25H,3,5,11-14H2,(H,26,29);1H. The molecule has 30 heavy (non-hydrogen) atoms. The molecule has 2 aromatic rings. The summed E-state index contributed by atoms with van der Waals surface area (Å²) in [6.45, 7) is 0.231. The van der Waals surface area contributed by atoms with Crippen LogP contribution in [0.25, 0.3) is 0 Å². The Morgan fingerprint density at radius 1 is 1.13 bits per heavy atom. The largest absolute Gasteiger partial charge is 0.325 e. The molecule has 2 aromatic carbocycles. The van der Waals surface area contributed by atoms with Gasteiger partial charge in [-0.1, -0.05) is 30.3 Å². The van der Waals surface area contributed by atoms with Crippen molar-refractivity contribution in [1.82, 2.24) is 5.32 Å². The van der Waals surface area contributed by atoms with Gasteiger partial charge in [0.1, 0.15) is 0 Å². The fourth-order valence-electron chi connectivity index (χ4n) is 3.90. The average Bonchev–Trinajstić information content (AvgIpc) is 3.09. The summed E-state index contributed by atoms with van der Waals surface area (Å²) in [5.41, 5.74) is 3.53. The summed E-state index contributed by atoms with van der Waals surface area (Å²) in [6, 6.07) is 14.0. The molecule has 5 nitrogen and oxygen atoms in total. The van der Waals surface area contributed by atoms with Crippen molar-refractivity contribution in [1.29, 1.82) is 0 Å². The highest BCUT2D eigenvalue weighted by molar-refractivity contribution is 5.96. The van der Waals surface area contributed by atoms with Crippen LogP contribution in [0.5, 0.6) is 0 Å². The number of rotatable bonds is 4. The van der Waals surface area contributed by atoms with Gasteiger partial charge in [-0.05, 0) is 42.2 Å². The summed E-state index contributed by atoms with van der Waals surface area (Å²) >= 11 is 0. The maximum absolute atomic E-state index is 13.2. The van der Waals surface area contributed by atoms with Crippen molar-refractivity contribution in [2.75, 3.05) is 23.3 Å². The van der Waals surface area contributed by atoms with Crippen LogP contribution >= 0.6 is 12.4 Å². The lowest BCUT2D eigenvalue weighted by Crippen LogP contribution is -2.36. The number of hydrogen-bond donors (Lipinski definition) is 2. The van der Waals surface area contributed by atoms with E-state index in [0.29, 0.717) is 12.2 Å². The second-order valence-corrected chi connectivity index (χ2v) is 7.63. The van der Waals surface area contributed by atoms with Gasteiger partial charge in [0.15, 0.2) is 0 Å². The molecular weight excluding hydrogens is 412 g/mol. The van der Waals surface area contributed by atoms with E-state index in [4.69, 9.17) is 0 Å². The zero-order valence-electron chi connectivity index (χ0n) is 16.4. The van der Waals surface area contributed by atoms with Gasteiger partial charge in [0, 0.05) is 24.3 Å². The zero-order valence-corrected chi connectivity index (χ0v) is 17.2. The smallest absolute Gasteiger partial charge is 0.262 e. The number of nitrogens with zero attached hydrogens (tertiary/aromatic N) is 1. The molecule has 8 heteroatoms. The van der Waals surface area contributed by atoms with Crippen molar-refractivity contribution < 1.29 is 18.4 Å². The van der Waals surface area contributed by atoms with E-state index in [1.807, 2.05) is 23.1 Å².